The van der Waals surface area contributed by atoms with Crippen molar-refractivity contribution in [1.29, 1.82) is 0 Å². The molecule has 1 aromatic heterocycles. The molecule has 0 spiro atoms. The van der Waals surface area contributed by atoms with Crippen molar-refractivity contribution in [2.24, 2.45) is 0 Å². The van der Waals surface area contributed by atoms with E-state index in [0.29, 0.717) is 0 Å². The van der Waals surface area contributed by atoms with E-state index in [4.69, 9.17) is 15.6 Å². The van der Waals surface area contributed by atoms with E-state index in [-0.39, 0.29) is 24.5 Å². The highest BCUT2D eigenvalue weighted by Crippen LogP contribution is 2.08. The number of nitrogens with two attached hydrogens (primary N) is 1. The molecule has 0 fully saturated rings. The maximum absolute atomic E-state index is 11.1. The highest BCUT2D eigenvalue weighted by Gasteiger charge is 2.13. The Morgan fingerprint density at radius 2 is 2.47 bits per heavy atom. The van der Waals surface area contributed by atoms with Crippen LogP contribution in [0.4, 0.5) is 11.5 Å². The Balaban J connectivity index is 2.63. The van der Waals surface area contributed by atoms with Crippen LogP contribution in [0, 0.1) is 0 Å². The van der Waals surface area contributed by atoms with Crippen LogP contribution in [0.2, 0.25) is 0 Å². The zero-order valence-electron chi connectivity index (χ0n) is 9.27. The van der Waals surface area contributed by atoms with Crippen LogP contribution >= 0.6 is 0 Å². The average Bonchev–Trinajstić information content (AvgIpc) is 2.28. The normalized spacial score (nSPS) is 12.1. The highest BCUT2D eigenvalue weighted by molar-refractivity contribution is 5.67. The minimum Gasteiger partial charge on any atom is -0.481 e. The molecule has 94 valence electrons. The van der Waals surface area contributed by atoms with Gasteiger partial charge in [-0.2, -0.15) is 0 Å². The summed E-state index contributed by atoms with van der Waals surface area (Å²) < 4.78 is 4.96. The standard InChI is InChI=1S/C9H14N4O4/c1-17-5(2-6(14)15)3-11-8-7(10)9(16)13-4-12-8/h4-5H,2-3,10H2,1H3,(H,14,15)(H2,11,12,13,16). The molecule has 0 aliphatic rings. The summed E-state index contributed by atoms with van der Waals surface area (Å²) in [7, 11) is 1.41. The lowest BCUT2D eigenvalue weighted by atomic mass is 10.2. The maximum Gasteiger partial charge on any atom is 0.306 e. The number of aromatic amines is 1. The number of methoxy groups -OCH3 is 1. The van der Waals surface area contributed by atoms with Gasteiger partial charge in [-0.3, -0.25) is 9.59 Å². The van der Waals surface area contributed by atoms with Crippen molar-refractivity contribution in [2.45, 2.75) is 12.5 Å². The SMILES string of the molecule is COC(CNc1nc[nH]c(=O)c1N)CC(=O)O. The largest absolute Gasteiger partial charge is 0.481 e. The number of carbonyl (C=O) groups is 1. The molecule has 0 aliphatic carbocycles. The minimum absolute atomic E-state index is 0.0438. The fourth-order valence-corrected chi connectivity index (χ4v) is 1.20. The maximum atomic E-state index is 11.1. The van der Waals surface area contributed by atoms with Gasteiger partial charge >= 0.3 is 5.97 Å². The molecule has 0 aliphatic heterocycles. The van der Waals surface area contributed by atoms with Gasteiger partial charge in [0.2, 0.25) is 0 Å². The van der Waals surface area contributed by atoms with Crippen molar-refractivity contribution < 1.29 is 14.6 Å². The molecule has 8 heteroatoms. The molecule has 0 saturated heterocycles. The molecule has 0 radical (unpaired) electrons. The number of H-pyrrole nitrogens is 1. The number of aliphatic carboxylic acids is 1. The second-order valence-corrected chi connectivity index (χ2v) is 3.33. The van der Waals surface area contributed by atoms with E-state index in [0.717, 1.165) is 0 Å². The van der Waals surface area contributed by atoms with Crippen molar-refractivity contribution in [2.75, 3.05) is 24.7 Å². The third kappa shape index (κ3) is 3.76. The van der Waals surface area contributed by atoms with Crippen molar-refractivity contribution in [3.8, 4) is 0 Å². The van der Waals surface area contributed by atoms with Crippen molar-refractivity contribution in [1.82, 2.24) is 9.97 Å². The molecular weight excluding hydrogens is 228 g/mol. The Morgan fingerprint density at radius 1 is 1.76 bits per heavy atom. The molecule has 1 heterocycles. The predicted octanol–water partition coefficient (Wildman–Crippen LogP) is -0.746. The summed E-state index contributed by atoms with van der Waals surface area (Å²) in [4.78, 5) is 27.8. The summed E-state index contributed by atoms with van der Waals surface area (Å²) in [6, 6.07) is 0. The first-order chi connectivity index (χ1) is 8.04. The number of carboxylic acid groups (broad SMARTS) is 1. The second-order valence-electron chi connectivity index (χ2n) is 3.33. The quantitative estimate of drug-likeness (QED) is 0.516. The van der Waals surface area contributed by atoms with E-state index < -0.39 is 17.6 Å². The summed E-state index contributed by atoms with van der Waals surface area (Å²) in [6.45, 7) is 0.198. The predicted molar refractivity (Wildman–Crippen MR) is 60.8 cm³/mol. The molecular formula is C9H14N4O4. The number of anilines is 2. The zero-order chi connectivity index (χ0) is 12.8. The summed E-state index contributed by atoms with van der Waals surface area (Å²) in [6.07, 6.45) is 0.542. The lowest BCUT2D eigenvalue weighted by Gasteiger charge is -2.14. The van der Waals surface area contributed by atoms with Crippen LogP contribution in [0.3, 0.4) is 0 Å². The van der Waals surface area contributed by atoms with E-state index in [9.17, 15) is 9.59 Å². The smallest absolute Gasteiger partial charge is 0.306 e. The number of hydrogen-bond acceptors (Lipinski definition) is 6. The van der Waals surface area contributed by atoms with Crippen molar-refractivity contribution in [3.63, 3.8) is 0 Å². The van der Waals surface area contributed by atoms with Gasteiger partial charge in [0.1, 0.15) is 5.69 Å². The molecule has 1 rings (SSSR count). The Bertz CT molecular complexity index is 445. The van der Waals surface area contributed by atoms with Gasteiger partial charge in [0, 0.05) is 13.7 Å². The summed E-state index contributed by atoms with van der Waals surface area (Å²) in [5.74, 6) is -0.758. The molecule has 1 atom stereocenters. The summed E-state index contributed by atoms with van der Waals surface area (Å²) >= 11 is 0. The van der Waals surface area contributed by atoms with E-state index in [1.165, 1.54) is 13.4 Å². The topological polar surface area (TPSA) is 130 Å². The van der Waals surface area contributed by atoms with E-state index in [1.807, 2.05) is 0 Å². The van der Waals surface area contributed by atoms with Crippen LogP contribution in [0.25, 0.3) is 0 Å². The fraction of sp³-hybridized carbons (Fsp3) is 0.444. The highest BCUT2D eigenvalue weighted by atomic mass is 16.5. The van der Waals surface area contributed by atoms with Gasteiger partial charge < -0.3 is 25.9 Å². The molecule has 0 aromatic carbocycles. The van der Waals surface area contributed by atoms with Crippen molar-refractivity contribution >= 4 is 17.5 Å². The number of ether oxygens (including phenoxy) is 1. The van der Waals surface area contributed by atoms with Crippen LogP contribution in [-0.2, 0) is 9.53 Å². The minimum atomic E-state index is -0.967. The van der Waals surface area contributed by atoms with E-state index >= 15 is 0 Å². The number of carboxylic acids is 1. The van der Waals surface area contributed by atoms with Gasteiger partial charge in [-0.05, 0) is 0 Å². The number of rotatable bonds is 6. The molecule has 17 heavy (non-hydrogen) atoms. The fourth-order valence-electron chi connectivity index (χ4n) is 1.20. The van der Waals surface area contributed by atoms with Crippen LogP contribution in [0.1, 0.15) is 6.42 Å². The molecule has 1 aromatic rings. The molecule has 0 saturated carbocycles. The summed E-state index contributed by atoms with van der Waals surface area (Å²) in [5.41, 5.74) is 4.99. The molecule has 5 N–H and O–H groups in total. The third-order valence-electron chi connectivity index (χ3n) is 2.12. The zero-order valence-corrected chi connectivity index (χ0v) is 9.27. The van der Waals surface area contributed by atoms with E-state index in [2.05, 4.69) is 15.3 Å². The lowest BCUT2D eigenvalue weighted by Crippen LogP contribution is -2.26. The van der Waals surface area contributed by atoms with Crippen LogP contribution in [0.5, 0.6) is 0 Å². The molecule has 1 unspecified atom stereocenters. The Hall–Kier alpha value is -2.09. The number of nitrogens with one attached hydrogen (secondary N) is 2. The molecule has 8 nitrogen and oxygen atoms in total. The van der Waals surface area contributed by atoms with Gasteiger partial charge in [0.25, 0.3) is 5.56 Å². The first-order valence-corrected chi connectivity index (χ1v) is 4.86. The van der Waals surface area contributed by atoms with Gasteiger partial charge in [0.15, 0.2) is 5.82 Å². The first-order valence-electron chi connectivity index (χ1n) is 4.86. The summed E-state index contributed by atoms with van der Waals surface area (Å²) in [5, 5.41) is 11.4. The Labute approximate surface area is 96.8 Å². The number of nitrogen functional groups attached to an aromatic ring is 1. The van der Waals surface area contributed by atoms with Crippen LogP contribution in [-0.4, -0.2) is 40.8 Å². The average molecular weight is 242 g/mol. The van der Waals surface area contributed by atoms with Gasteiger partial charge in [-0.15, -0.1) is 0 Å². The monoisotopic (exact) mass is 242 g/mol. The van der Waals surface area contributed by atoms with Crippen molar-refractivity contribution in [3.05, 3.63) is 16.7 Å². The number of hydrogen-bond donors (Lipinski definition) is 4. The van der Waals surface area contributed by atoms with E-state index in [1.54, 1.807) is 0 Å². The molecule has 0 bridgehead atoms. The van der Waals surface area contributed by atoms with Gasteiger partial charge in [-0.1, -0.05) is 0 Å². The third-order valence-corrected chi connectivity index (χ3v) is 2.12. The van der Waals surface area contributed by atoms with Gasteiger partial charge in [-0.25, -0.2) is 4.98 Å². The molecule has 0 amide bonds. The Kier molecular flexibility index (Phi) is 4.46. The number of nitrogens with zero attached hydrogens (tertiary/aromatic N) is 1. The second kappa shape index (κ2) is 5.85. The van der Waals surface area contributed by atoms with Crippen LogP contribution in [0.15, 0.2) is 11.1 Å². The Morgan fingerprint density at radius 3 is 3.06 bits per heavy atom. The van der Waals surface area contributed by atoms with Gasteiger partial charge in [0.05, 0.1) is 18.9 Å². The number of aromatic nitrogens is 2. The lowest BCUT2D eigenvalue weighted by molar-refractivity contribution is -0.139. The first kappa shape index (κ1) is 13.0. The van der Waals surface area contributed by atoms with Crippen LogP contribution < -0.4 is 16.6 Å².